The van der Waals surface area contributed by atoms with Crippen molar-refractivity contribution in [3.05, 3.63) is 59.4 Å². The summed E-state index contributed by atoms with van der Waals surface area (Å²) < 4.78 is 18.8. The fourth-order valence-electron chi connectivity index (χ4n) is 3.18. The Hall–Kier alpha value is -1.92. The molecule has 1 fully saturated rings. The largest absolute Gasteiger partial charge is 0.374 e. The van der Waals surface area contributed by atoms with E-state index in [1.54, 1.807) is 6.08 Å². The van der Waals surface area contributed by atoms with Gasteiger partial charge in [-0.3, -0.25) is 0 Å². The molecule has 1 saturated carbocycles. The van der Waals surface area contributed by atoms with Crippen molar-refractivity contribution in [1.82, 2.24) is 0 Å². The van der Waals surface area contributed by atoms with Crippen LogP contribution in [-0.2, 0) is 17.8 Å². The van der Waals surface area contributed by atoms with E-state index in [1.807, 2.05) is 6.08 Å². The van der Waals surface area contributed by atoms with Crippen molar-refractivity contribution in [3.8, 4) is 6.07 Å². The molecular weight excluding hydrogens is 313 g/mol. The van der Waals surface area contributed by atoms with Crippen molar-refractivity contribution in [1.29, 1.82) is 5.26 Å². The Kier molecular flexibility index (Phi) is 8.42. The van der Waals surface area contributed by atoms with Crippen LogP contribution in [0.5, 0.6) is 0 Å². The lowest BCUT2D eigenvalue weighted by atomic mass is 9.87. The van der Waals surface area contributed by atoms with Crippen LogP contribution in [0.25, 0.3) is 0 Å². The van der Waals surface area contributed by atoms with Crippen LogP contribution >= 0.6 is 0 Å². The molecule has 0 atom stereocenters. The van der Waals surface area contributed by atoms with Crippen LogP contribution in [0, 0.1) is 17.2 Å². The molecule has 2 nitrogen and oxygen atoms in total. The Morgan fingerprint density at radius 2 is 1.88 bits per heavy atom. The Bertz CT molecular complexity index is 604. The number of hydrogen-bond donors (Lipinski definition) is 0. The summed E-state index contributed by atoms with van der Waals surface area (Å²) in [6, 6.07) is 10.3. The van der Waals surface area contributed by atoms with E-state index < -0.39 is 5.83 Å². The average Bonchev–Trinajstić information content (AvgIpc) is 2.66. The van der Waals surface area contributed by atoms with Crippen molar-refractivity contribution in [2.45, 2.75) is 64.6 Å². The summed E-state index contributed by atoms with van der Waals surface area (Å²) in [5, 5.41) is 8.37. The van der Waals surface area contributed by atoms with Crippen molar-refractivity contribution >= 4 is 0 Å². The van der Waals surface area contributed by atoms with Gasteiger partial charge >= 0.3 is 0 Å². The van der Waals surface area contributed by atoms with Crippen LogP contribution in [-0.4, -0.2) is 6.10 Å². The van der Waals surface area contributed by atoms with E-state index in [9.17, 15) is 4.39 Å². The van der Waals surface area contributed by atoms with Crippen molar-refractivity contribution in [2.75, 3.05) is 0 Å². The molecule has 1 aromatic rings. The van der Waals surface area contributed by atoms with Gasteiger partial charge in [-0.25, -0.2) is 0 Å². The maximum absolute atomic E-state index is 12.7. The highest BCUT2D eigenvalue weighted by atomic mass is 19.1. The van der Waals surface area contributed by atoms with Gasteiger partial charge in [0.2, 0.25) is 0 Å². The quantitative estimate of drug-likeness (QED) is 0.427. The molecule has 0 aliphatic heterocycles. The smallest absolute Gasteiger partial charge is 0.199 e. The standard InChI is InChI=1S/C22H28FNO/c1-2-3-5-18-8-10-20(11-9-18)17-25-22-14-12-19(13-15-22)6-4-7-21(23)16-24/h4,6-11,19,22H,2-3,5,12-15,17H2,1H3/t19-,22-. The van der Waals surface area contributed by atoms with E-state index in [4.69, 9.17) is 10.00 Å². The molecular formula is C22H28FNO. The Morgan fingerprint density at radius 1 is 1.20 bits per heavy atom. The normalized spacial score (nSPS) is 21.4. The third-order valence-electron chi connectivity index (χ3n) is 4.78. The van der Waals surface area contributed by atoms with Gasteiger partial charge in [-0.1, -0.05) is 49.8 Å². The molecule has 0 amide bonds. The third-order valence-corrected chi connectivity index (χ3v) is 4.78. The first-order chi connectivity index (χ1) is 12.2. The van der Waals surface area contributed by atoms with Gasteiger partial charge in [0.15, 0.2) is 5.83 Å². The van der Waals surface area contributed by atoms with Crippen LogP contribution in [0.4, 0.5) is 4.39 Å². The molecule has 0 spiro atoms. The minimum Gasteiger partial charge on any atom is -0.374 e. The molecule has 0 saturated heterocycles. The fraction of sp³-hybridized carbons (Fsp3) is 0.500. The number of halogens is 1. The first-order valence-electron chi connectivity index (χ1n) is 9.34. The van der Waals surface area contributed by atoms with Gasteiger partial charge in [0.1, 0.15) is 6.07 Å². The second kappa shape index (κ2) is 10.8. The number of rotatable bonds is 8. The Morgan fingerprint density at radius 3 is 2.52 bits per heavy atom. The highest BCUT2D eigenvalue weighted by molar-refractivity contribution is 5.22. The third kappa shape index (κ3) is 7.23. The van der Waals surface area contributed by atoms with E-state index in [-0.39, 0.29) is 0 Å². The summed E-state index contributed by atoms with van der Waals surface area (Å²) in [6.07, 6.45) is 13.0. The van der Waals surface area contributed by atoms with Crippen molar-refractivity contribution < 1.29 is 9.13 Å². The number of ether oxygens (including phenoxy) is 1. The zero-order chi connectivity index (χ0) is 17.9. The zero-order valence-corrected chi connectivity index (χ0v) is 15.1. The summed E-state index contributed by atoms with van der Waals surface area (Å²) in [6.45, 7) is 2.89. The molecule has 0 unspecified atom stereocenters. The zero-order valence-electron chi connectivity index (χ0n) is 15.1. The number of aryl methyl sites for hydroxylation is 1. The van der Waals surface area contributed by atoms with Gasteiger partial charge in [-0.2, -0.15) is 9.65 Å². The van der Waals surface area contributed by atoms with E-state index >= 15 is 0 Å². The number of nitrogens with zero attached hydrogens (tertiary/aromatic N) is 1. The summed E-state index contributed by atoms with van der Waals surface area (Å²) in [5.41, 5.74) is 2.64. The Balaban J connectivity index is 1.69. The maximum Gasteiger partial charge on any atom is 0.199 e. The molecule has 3 heteroatoms. The van der Waals surface area contributed by atoms with Gasteiger partial charge in [-0.15, -0.1) is 0 Å². The van der Waals surface area contributed by atoms with Crippen LogP contribution in [0.15, 0.2) is 48.3 Å². The van der Waals surface area contributed by atoms with Crippen LogP contribution < -0.4 is 0 Å². The van der Waals surface area contributed by atoms with Gasteiger partial charge in [-0.05, 0) is 61.6 Å². The van der Waals surface area contributed by atoms with Gasteiger partial charge < -0.3 is 4.74 Å². The van der Waals surface area contributed by atoms with Gasteiger partial charge in [0, 0.05) is 0 Å². The van der Waals surface area contributed by atoms with Crippen LogP contribution in [0.3, 0.4) is 0 Å². The molecule has 1 aromatic carbocycles. The fourth-order valence-corrected chi connectivity index (χ4v) is 3.18. The molecule has 134 valence electrons. The topological polar surface area (TPSA) is 33.0 Å². The second-order valence-corrected chi connectivity index (χ2v) is 6.78. The van der Waals surface area contributed by atoms with Crippen LogP contribution in [0.1, 0.15) is 56.6 Å². The number of hydrogen-bond acceptors (Lipinski definition) is 2. The molecule has 2 rings (SSSR count). The van der Waals surface area contributed by atoms with Gasteiger partial charge in [0.25, 0.3) is 0 Å². The molecule has 0 radical (unpaired) electrons. The minimum atomic E-state index is -0.742. The van der Waals surface area contributed by atoms with E-state index in [0.717, 1.165) is 32.1 Å². The first-order valence-corrected chi connectivity index (χ1v) is 9.34. The first kappa shape index (κ1) is 19.4. The molecule has 1 aliphatic rings. The maximum atomic E-state index is 12.7. The van der Waals surface area contributed by atoms with Crippen LogP contribution in [0.2, 0.25) is 0 Å². The molecule has 0 heterocycles. The van der Waals surface area contributed by atoms with E-state index in [1.165, 1.54) is 36.1 Å². The summed E-state index contributed by atoms with van der Waals surface area (Å²) in [4.78, 5) is 0. The predicted molar refractivity (Wildman–Crippen MR) is 99.5 cm³/mol. The predicted octanol–water partition coefficient (Wildman–Crippen LogP) is 6.04. The van der Waals surface area contributed by atoms with Crippen molar-refractivity contribution in [3.63, 3.8) is 0 Å². The lowest BCUT2D eigenvalue weighted by Crippen LogP contribution is -2.20. The molecule has 0 bridgehead atoms. The lowest BCUT2D eigenvalue weighted by molar-refractivity contribution is 0.0110. The molecule has 25 heavy (non-hydrogen) atoms. The molecule has 0 aromatic heterocycles. The second-order valence-electron chi connectivity index (χ2n) is 6.78. The summed E-state index contributed by atoms with van der Waals surface area (Å²) >= 11 is 0. The van der Waals surface area contributed by atoms with Gasteiger partial charge in [0.05, 0.1) is 12.7 Å². The molecule has 1 aliphatic carbocycles. The number of benzene rings is 1. The summed E-state index contributed by atoms with van der Waals surface area (Å²) in [7, 11) is 0. The summed E-state index contributed by atoms with van der Waals surface area (Å²) in [5.74, 6) is -0.283. The monoisotopic (exact) mass is 341 g/mol. The van der Waals surface area contributed by atoms with E-state index in [0.29, 0.717) is 18.6 Å². The number of nitriles is 1. The van der Waals surface area contributed by atoms with Crippen molar-refractivity contribution in [2.24, 2.45) is 5.92 Å². The van der Waals surface area contributed by atoms with E-state index in [2.05, 4.69) is 31.2 Å². The molecule has 0 N–H and O–H groups in total. The highest BCUT2D eigenvalue weighted by Crippen LogP contribution is 2.28. The highest BCUT2D eigenvalue weighted by Gasteiger charge is 2.19. The number of unbranched alkanes of at least 4 members (excludes halogenated alkanes) is 1. The lowest BCUT2D eigenvalue weighted by Gasteiger charge is -2.26. The number of allylic oxidation sites excluding steroid dienone is 4. The SMILES string of the molecule is CCCCc1ccc(CO[C@H]2CC[C@H](C=CC=C(F)C#N)CC2)cc1. The Labute approximate surface area is 151 Å². The minimum absolute atomic E-state index is 0.316. The average molecular weight is 341 g/mol.